The van der Waals surface area contributed by atoms with Gasteiger partial charge in [0, 0.05) is 30.4 Å². The van der Waals surface area contributed by atoms with E-state index in [0.717, 1.165) is 28.1 Å². The first-order valence-electron chi connectivity index (χ1n) is 6.17. The summed E-state index contributed by atoms with van der Waals surface area (Å²) in [6, 6.07) is 4.06. The van der Waals surface area contributed by atoms with Crippen molar-refractivity contribution in [2.45, 2.75) is 31.7 Å². The maximum absolute atomic E-state index is 4.51. The number of nitrogens with zero attached hydrogens (tertiary/aromatic N) is 3. The highest BCUT2D eigenvalue weighted by molar-refractivity contribution is 7.98. The molecule has 0 fully saturated rings. The van der Waals surface area contributed by atoms with Gasteiger partial charge in [0.15, 0.2) is 5.16 Å². The first-order valence-corrected chi connectivity index (χ1v) is 7.16. The van der Waals surface area contributed by atoms with E-state index >= 15 is 0 Å². The third kappa shape index (κ3) is 3.44. The van der Waals surface area contributed by atoms with Gasteiger partial charge in [-0.25, -0.2) is 15.0 Å². The Hall–Kier alpha value is -1.62. The molecule has 0 saturated heterocycles. The molecule has 0 aromatic carbocycles. The Labute approximate surface area is 118 Å². The third-order valence-electron chi connectivity index (χ3n) is 3.06. The molecule has 2 aromatic rings. The number of thioether (sulfide) groups is 1. The van der Waals surface area contributed by atoms with E-state index in [9.17, 15) is 0 Å². The summed E-state index contributed by atoms with van der Waals surface area (Å²) >= 11 is 1.65. The van der Waals surface area contributed by atoms with Crippen LogP contribution in [0.3, 0.4) is 0 Å². The minimum atomic E-state index is 0.836. The molecule has 0 aliphatic carbocycles. The number of rotatable bonds is 4. The van der Waals surface area contributed by atoms with Gasteiger partial charge in [-0.1, -0.05) is 11.8 Å². The van der Waals surface area contributed by atoms with Crippen molar-refractivity contribution in [2.24, 2.45) is 0 Å². The molecular weight excluding hydrogens is 256 g/mol. The Bertz CT molecular complexity index is 560. The van der Waals surface area contributed by atoms with E-state index in [-0.39, 0.29) is 0 Å². The van der Waals surface area contributed by atoms with Crippen molar-refractivity contribution in [1.82, 2.24) is 15.0 Å². The highest BCUT2D eigenvalue weighted by Crippen LogP contribution is 2.22. The predicted octanol–water partition coefficient (Wildman–Crippen LogP) is 3.13. The monoisotopic (exact) mass is 274 g/mol. The molecule has 0 unspecified atom stereocenters. The molecule has 2 aromatic heterocycles. The molecule has 5 heteroatoms. The summed E-state index contributed by atoms with van der Waals surface area (Å²) in [7, 11) is 1.87. The second-order valence-electron chi connectivity index (χ2n) is 4.39. The van der Waals surface area contributed by atoms with Gasteiger partial charge < -0.3 is 5.32 Å². The molecule has 0 bridgehead atoms. The van der Waals surface area contributed by atoms with Crippen molar-refractivity contribution >= 4 is 17.6 Å². The number of hydrogen-bond acceptors (Lipinski definition) is 5. The van der Waals surface area contributed by atoms with Crippen LogP contribution in [0.5, 0.6) is 0 Å². The quantitative estimate of drug-likeness (QED) is 0.685. The summed E-state index contributed by atoms with van der Waals surface area (Å²) in [5.74, 6) is 1.73. The van der Waals surface area contributed by atoms with Crippen LogP contribution in [0.4, 0.5) is 5.82 Å². The van der Waals surface area contributed by atoms with Gasteiger partial charge >= 0.3 is 0 Å². The minimum absolute atomic E-state index is 0.836. The van der Waals surface area contributed by atoms with E-state index in [2.05, 4.69) is 27.2 Å². The normalized spacial score (nSPS) is 10.5. The van der Waals surface area contributed by atoms with Gasteiger partial charge in [0.05, 0.1) is 0 Å². The van der Waals surface area contributed by atoms with Crippen molar-refractivity contribution < 1.29 is 0 Å². The molecule has 2 rings (SSSR count). The zero-order valence-corrected chi connectivity index (χ0v) is 12.5. The third-order valence-corrected chi connectivity index (χ3v) is 3.98. The Kier molecular flexibility index (Phi) is 4.37. The van der Waals surface area contributed by atoms with Crippen molar-refractivity contribution in [3.63, 3.8) is 0 Å². The zero-order valence-electron chi connectivity index (χ0n) is 11.7. The predicted molar refractivity (Wildman–Crippen MR) is 79.6 cm³/mol. The Morgan fingerprint density at radius 1 is 1.16 bits per heavy atom. The van der Waals surface area contributed by atoms with Crippen LogP contribution >= 0.6 is 11.8 Å². The molecular formula is C14H18N4S. The molecule has 0 radical (unpaired) electrons. The van der Waals surface area contributed by atoms with Crippen LogP contribution < -0.4 is 5.32 Å². The molecule has 0 spiro atoms. The molecule has 1 N–H and O–H groups in total. The zero-order chi connectivity index (χ0) is 13.8. The summed E-state index contributed by atoms with van der Waals surface area (Å²) in [5, 5.41) is 3.88. The van der Waals surface area contributed by atoms with Gasteiger partial charge in [-0.05, 0) is 44.0 Å². The SMILES string of the molecule is CNc1cc(CSc2nc(C)c(C)c(C)n2)ccn1. The minimum Gasteiger partial charge on any atom is -0.373 e. The number of nitrogens with one attached hydrogen (secondary N) is 1. The smallest absolute Gasteiger partial charge is 0.188 e. The van der Waals surface area contributed by atoms with E-state index in [1.165, 1.54) is 11.1 Å². The Morgan fingerprint density at radius 2 is 1.84 bits per heavy atom. The fourth-order valence-electron chi connectivity index (χ4n) is 1.65. The lowest BCUT2D eigenvalue weighted by atomic mass is 10.2. The van der Waals surface area contributed by atoms with Gasteiger partial charge in [-0.3, -0.25) is 0 Å². The molecule has 0 aliphatic heterocycles. The molecule has 19 heavy (non-hydrogen) atoms. The van der Waals surface area contributed by atoms with E-state index in [1.807, 2.05) is 39.2 Å². The highest BCUT2D eigenvalue weighted by atomic mass is 32.2. The van der Waals surface area contributed by atoms with Gasteiger partial charge in [0.2, 0.25) is 0 Å². The summed E-state index contributed by atoms with van der Waals surface area (Å²) in [6.07, 6.45) is 1.81. The average Bonchev–Trinajstić information content (AvgIpc) is 2.42. The van der Waals surface area contributed by atoms with Gasteiger partial charge in [0.1, 0.15) is 5.82 Å². The number of pyridine rings is 1. The fourth-order valence-corrected chi connectivity index (χ4v) is 2.53. The Morgan fingerprint density at radius 3 is 2.47 bits per heavy atom. The maximum Gasteiger partial charge on any atom is 0.188 e. The van der Waals surface area contributed by atoms with Crippen LogP contribution in [-0.2, 0) is 5.75 Å². The summed E-state index contributed by atoms with van der Waals surface area (Å²) < 4.78 is 0. The Balaban J connectivity index is 2.10. The first-order chi connectivity index (χ1) is 9.10. The molecule has 4 nitrogen and oxygen atoms in total. The van der Waals surface area contributed by atoms with Crippen molar-refractivity contribution in [2.75, 3.05) is 12.4 Å². The van der Waals surface area contributed by atoms with Crippen molar-refractivity contribution in [3.05, 3.63) is 40.8 Å². The van der Waals surface area contributed by atoms with E-state index in [0.29, 0.717) is 0 Å². The van der Waals surface area contributed by atoms with Gasteiger partial charge in [0.25, 0.3) is 0 Å². The summed E-state index contributed by atoms with van der Waals surface area (Å²) in [6.45, 7) is 6.11. The van der Waals surface area contributed by atoms with E-state index in [1.54, 1.807) is 11.8 Å². The van der Waals surface area contributed by atoms with Gasteiger partial charge in [-0.15, -0.1) is 0 Å². The highest BCUT2D eigenvalue weighted by Gasteiger charge is 2.05. The number of aryl methyl sites for hydroxylation is 2. The molecule has 0 saturated carbocycles. The molecule has 0 aliphatic rings. The lowest BCUT2D eigenvalue weighted by molar-refractivity contribution is 0.880. The molecule has 0 atom stereocenters. The standard InChI is InChI=1S/C14H18N4S/c1-9-10(2)17-14(18-11(9)3)19-8-12-5-6-16-13(7-12)15-4/h5-7H,8H2,1-4H3,(H,15,16). The largest absolute Gasteiger partial charge is 0.373 e. The van der Waals surface area contributed by atoms with Crippen LogP contribution in [0.2, 0.25) is 0 Å². The first kappa shape index (κ1) is 13.8. The molecule has 0 amide bonds. The topological polar surface area (TPSA) is 50.7 Å². The number of hydrogen-bond donors (Lipinski definition) is 1. The van der Waals surface area contributed by atoms with Crippen molar-refractivity contribution in [3.8, 4) is 0 Å². The van der Waals surface area contributed by atoms with E-state index in [4.69, 9.17) is 0 Å². The van der Waals surface area contributed by atoms with Crippen LogP contribution in [-0.4, -0.2) is 22.0 Å². The molecule has 100 valence electrons. The summed E-state index contributed by atoms with van der Waals surface area (Å²) in [4.78, 5) is 13.2. The second-order valence-corrected chi connectivity index (χ2v) is 5.33. The summed E-state index contributed by atoms with van der Waals surface area (Å²) in [5.41, 5.74) is 4.50. The lowest BCUT2D eigenvalue weighted by Crippen LogP contribution is -1.98. The number of aromatic nitrogens is 3. The van der Waals surface area contributed by atoms with Gasteiger partial charge in [-0.2, -0.15) is 0 Å². The molecule has 2 heterocycles. The van der Waals surface area contributed by atoms with Crippen LogP contribution in [0.15, 0.2) is 23.5 Å². The fraction of sp³-hybridized carbons (Fsp3) is 0.357. The van der Waals surface area contributed by atoms with Crippen LogP contribution in [0, 0.1) is 20.8 Å². The average molecular weight is 274 g/mol. The van der Waals surface area contributed by atoms with Crippen LogP contribution in [0.25, 0.3) is 0 Å². The number of anilines is 1. The lowest BCUT2D eigenvalue weighted by Gasteiger charge is -2.07. The van der Waals surface area contributed by atoms with E-state index < -0.39 is 0 Å². The van der Waals surface area contributed by atoms with Crippen molar-refractivity contribution in [1.29, 1.82) is 0 Å². The second kappa shape index (κ2) is 6.02. The maximum atomic E-state index is 4.51. The van der Waals surface area contributed by atoms with Crippen LogP contribution in [0.1, 0.15) is 22.5 Å².